The van der Waals surface area contributed by atoms with E-state index in [0.29, 0.717) is 16.5 Å². The Morgan fingerprint density at radius 1 is 1.26 bits per heavy atom. The third kappa shape index (κ3) is 3.39. The van der Waals surface area contributed by atoms with Crippen molar-refractivity contribution >= 4 is 40.3 Å². The molecular weight excluding hydrogens is 276 g/mol. The van der Waals surface area contributed by atoms with E-state index in [2.05, 4.69) is 5.32 Å². The highest BCUT2D eigenvalue weighted by Crippen LogP contribution is 2.14. The van der Waals surface area contributed by atoms with Gasteiger partial charge in [-0.15, -0.1) is 11.3 Å². The minimum absolute atomic E-state index is 0.158. The van der Waals surface area contributed by atoms with Gasteiger partial charge in [0, 0.05) is 12.2 Å². The summed E-state index contributed by atoms with van der Waals surface area (Å²) in [6, 6.07) is 13.4. The fourth-order valence-corrected chi connectivity index (χ4v) is 2.63. The van der Waals surface area contributed by atoms with E-state index in [1.807, 2.05) is 53.6 Å². The molecule has 2 rings (SSSR count). The highest BCUT2D eigenvalue weighted by molar-refractivity contribution is 7.80. The first-order valence-corrected chi connectivity index (χ1v) is 7.22. The Hall–Kier alpha value is -1.72. The molecule has 0 aliphatic heterocycles. The van der Waals surface area contributed by atoms with Gasteiger partial charge in [-0.2, -0.15) is 0 Å². The van der Waals surface area contributed by atoms with Gasteiger partial charge in [0.25, 0.3) is 5.91 Å². The van der Waals surface area contributed by atoms with E-state index < -0.39 is 0 Å². The highest BCUT2D eigenvalue weighted by atomic mass is 32.1. The van der Waals surface area contributed by atoms with Gasteiger partial charge in [-0.05, 0) is 42.7 Å². The molecule has 0 atom stereocenters. The van der Waals surface area contributed by atoms with E-state index in [-0.39, 0.29) is 5.91 Å². The van der Waals surface area contributed by atoms with Crippen LogP contribution in [0.3, 0.4) is 0 Å². The monoisotopic (exact) mass is 290 g/mol. The average molecular weight is 290 g/mol. The van der Waals surface area contributed by atoms with Crippen LogP contribution in [-0.2, 0) is 0 Å². The normalized spacial score (nSPS) is 9.95. The van der Waals surface area contributed by atoms with Crippen molar-refractivity contribution in [2.24, 2.45) is 0 Å². The van der Waals surface area contributed by atoms with E-state index in [0.717, 1.165) is 5.69 Å². The van der Waals surface area contributed by atoms with Gasteiger partial charge in [0.2, 0.25) is 0 Å². The number of benzene rings is 1. The molecule has 1 aromatic heterocycles. The first-order valence-electron chi connectivity index (χ1n) is 5.93. The quantitative estimate of drug-likeness (QED) is 0.880. The standard InChI is InChI=1S/C14H14N2OS2/c1-2-16(11-7-4-3-5-8-11)14(18)15-13(17)12-9-6-10-19-12/h3-10H,2H2,1H3,(H,15,17,18). The van der Waals surface area contributed by atoms with Crippen LogP contribution in [0.2, 0.25) is 0 Å². The summed E-state index contributed by atoms with van der Waals surface area (Å²) in [7, 11) is 0. The largest absolute Gasteiger partial charge is 0.319 e. The molecule has 5 heteroatoms. The van der Waals surface area contributed by atoms with Gasteiger partial charge >= 0.3 is 0 Å². The topological polar surface area (TPSA) is 32.3 Å². The zero-order valence-electron chi connectivity index (χ0n) is 10.5. The van der Waals surface area contributed by atoms with Crippen LogP contribution in [0.5, 0.6) is 0 Å². The third-order valence-corrected chi connectivity index (χ3v) is 3.79. The lowest BCUT2D eigenvalue weighted by Gasteiger charge is -2.23. The summed E-state index contributed by atoms with van der Waals surface area (Å²) in [6.07, 6.45) is 0. The lowest BCUT2D eigenvalue weighted by molar-refractivity contribution is 0.0981. The van der Waals surface area contributed by atoms with Crippen LogP contribution in [-0.4, -0.2) is 17.6 Å². The molecule has 0 unspecified atom stereocenters. The zero-order chi connectivity index (χ0) is 13.7. The van der Waals surface area contributed by atoms with Crippen LogP contribution in [0, 0.1) is 0 Å². The zero-order valence-corrected chi connectivity index (χ0v) is 12.1. The molecule has 19 heavy (non-hydrogen) atoms. The minimum Gasteiger partial charge on any atom is -0.319 e. The Bertz CT molecular complexity index is 552. The van der Waals surface area contributed by atoms with Crippen LogP contribution < -0.4 is 10.2 Å². The molecule has 1 heterocycles. The van der Waals surface area contributed by atoms with Crippen molar-refractivity contribution in [1.82, 2.24) is 5.32 Å². The Balaban J connectivity index is 2.08. The highest BCUT2D eigenvalue weighted by Gasteiger charge is 2.14. The van der Waals surface area contributed by atoms with Gasteiger partial charge in [-0.3, -0.25) is 10.1 Å². The molecule has 0 aliphatic rings. The molecule has 3 nitrogen and oxygen atoms in total. The molecule has 0 radical (unpaired) electrons. The Kier molecular flexibility index (Phi) is 4.65. The third-order valence-electron chi connectivity index (χ3n) is 2.59. The number of rotatable bonds is 3. The molecule has 1 amide bonds. The molecule has 98 valence electrons. The number of hydrogen-bond donors (Lipinski definition) is 1. The fourth-order valence-electron chi connectivity index (χ4n) is 1.69. The van der Waals surface area contributed by atoms with Gasteiger partial charge in [-0.1, -0.05) is 24.3 Å². The molecule has 0 saturated carbocycles. The second-order valence-electron chi connectivity index (χ2n) is 3.82. The van der Waals surface area contributed by atoms with Gasteiger partial charge in [0.15, 0.2) is 5.11 Å². The van der Waals surface area contributed by atoms with Crippen LogP contribution in [0.1, 0.15) is 16.6 Å². The molecule has 1 aromatic carbocycles. The molecule has 1 N–H and O–H groups in total. The van der Waals surface area contributed by atoms with Crippen molar-refractivity contribution in [3.8, 4) is 0 Å². The predicted octanol–water partition coefficient (Wildman–Crippen LogP) is 3.29. The first kappa shape index (κ1) is 13.7. The predicted molar refractivity (Wildman–Crippen MR) is 83.8 cm³/mol. The summed E-state index contributed by atoms with van der Waals surface area (Å²) in [5.74, 6) is -0.158. The lowest BCUT2D eigenvalue weighted by Crippen LogP contribution is -2.42. The van der Waals surface area contributed by atoms with Crippen LogP contribution in [0.25, 0.3) is 0 Å². The first-order chi connectivity index (χ1) is 9.22. The second kappa shape index (κ2) is 6.45. The summed E-state index contributed by atoms with van der Waals surface area (Å²) in [5.41, 5.74) is 0.974. The number of anilines is 1. The maximum Gasteiger partial charge on any atom is 0.267 e. The van der Waals surface area contributed by atoms with Crippen LogP contribution >= 0.6 is 23.6 Å². The van der Waals surface area contributed by atoms with E-state index in [4.69, 9.17) is 12.2 Å². The van der Waals surface area contributed by atoms with Gasteiger partial charge in [-0.25, -0.2) is 0 Å². The number of thiocarbonyl (C=S) groups is 1. The van der Waals surface area contributed by atoms with Gasteiger partial charge < -0.3 is 4.90 Å². The summed E-state index contributed by atoms with van der Waals surface area (Å²) in [4.78, 5) is 14.5. The Morgan fingerprint density at radius 2 is 2.00 bits per heavy atom. The van der Waals surface area contributed by atoms with E-state index >= 15 is 0 Å². The maximum atomic E-state index is 12.0. The number of carbonyl (C=O) groups excluding carboxylic acids is 1. The molecule has 0 fully saturated rings. The smallest absolute Gasteiger partial charge is 0.267 e. The number of hydrogen-bond acceptors (Lipinski definition) is 3. The number of nitrogens with one attached hydrogen (secondary N) is 1. The molecule has 0 spiro atoms. The van der Waals surface area contributed by atoms with Crippen molar-refractivity contribution in [2.75, 3.05) is 11.4 Å². The Morgan fingerprint density at radius 3 is 2.58 bits per heavy atom. The number of carbonyl (C=O) groups is 1. The number of nitrogens with zero attached hydrogens (tertiary/aromatic N) is 1. The van der Waals surface area contributed by atoms with Crippen LogP contribution in [0.4, 0.5) is 5.69 Å². The SMILES string of the molecule is CCN(C(=S)NC(=O)c1cccs1)c1ccccc1. The number of thiophene rings is 1. The van der Waals surface area contributed by atoms with Crippen molar-refractivity contribution < 1.29 is 4.79 Å². The summed E-state index contributed by atoms with van der Waals surface area (Å²) in [6.45, 7) is 2.70. The van der Waals surface area contributed by atoms with Crippen molar-refractivity contribution in [3.63, 3.8) is 0 Å². The summed E-state index contributed by atoms with van der Waals surface area (Å²) >= 11 is 6.70. The summed E-state index contributed by atoms with van der Waals surface area (Å²) in [5, 5.41) is 5.05. The Labute approximate surface area is 121 Å². The van der Waals surface area contributed by atoms with E-state index in [9.17, 15) is 4.79 Å². The minimum atomic E-state index is -0.158. The van der Waals surface area contributed by atoms with E-state index in [1.165, 1.54) is 11.3 Å². The summed E-state index contributed by atoms with van der Waals surface area (Å²) < 4.78 is 0. The molecule has 2 aromatic rings. The fraction of sp³-hybridized carbons (Fsp3) is 0.143. The lowest BCUT2D eigenvalue weighted by atomic mass is 10.3. The molecular formula is C14H14N2OS2. The van der Waals surface area contributed by atoms with Crippen molar-refractivity contribution in [2.45, 2.75) is 6.92 Å². The molecule has 0 aliphatic carbocycles. The number of amides is 1. The van der Waals surface area contributed by atoms with Crippen molar-refractivity contribution in [3.05, 3.63) is 52.7 Å². The number of para-hydroxylation sites is 1. The van der Waals surface area contributed by atoms with Gasteiger partial charge in [0.1, 0.15) is 0 Å². The maximum absolute atomic E-state index is 12.0. The van der Waals surface area contributed by atoms with Crippen LogP contribution in [0.15, 0.2) is 47.8 Å². The molecule has 0 saturated heterocycles. The average Bonchev–Trinajstić information content (AvgIpc) is 2.94. The van der Waals surface area contributed by atoms with Crippen molar-refractivity contribution in [1.29, 1.82) is 0 Å². The molecule has 0 bridgehead atoms. The van der Waals surface area contributed by atoms with Gasteiger partial charge in [0.05, 0.1) is 4.88 Å². The van der Waals surface area contributed by atoms with E-state index in [1.54, 1.807) is 6.07 Å². The second-order valence-corrected chi connectivity index (χ2v) is 5.15.